The van der Waals surface area contributed by atoms with Gasteiger partial charge in [-0.25, -0.2) is 0 Å². The summed E-state index contributed by atoms with van der Waals surface area (Å²) in [5.74, 6) is -0.894. The fraction of sp³-hybridized carbons (Fsp3) is 0.500. The van der Waals surface area contributed by atoms with Crippen LogP contribution in [0.3, 0.4) is 0 Å². The van der Waals surface area contributed by atoms with Crippen LogP contribution >= 0.6 is 0 Å². The van der Waals surface area contributed by atoms with E-state index in [0.717, 1.165) is 0 Å². The number of nitrogens with two attached hydrogens (primary N) is 1. The Bertz CT molecular complexity index is 218. The molecule has 0 saturated carbocycles. The molecule has 0 aromatic rings. The minimum absolute atomic E-state index is 0.148. The van der Waals surface area contributed by atoms with Crippen LogP contribution in [0.1, 0.15) is 6.92 Å². The van der Waals surface area contributed by atoms with Crippen LogP contribution in [0.15, 0.2) is 5.16 Å². The molecular formula is C6H10N4O2. The Morgan fingerprint density at radius 1 is 1.83 bits per heavy atom. The molecule has 0 aromatic heterocycles. The molecule has 0 aliphatic rings. The van der Waals surface area contributed by atoms with Crippen molar-refractivity contribution < 1.29 is 9.63 Å². The van der Waals surface area contributed by atoms with E-state index in [1.807, 2.05) is 6.92 Å². The number of nitrogens with one attached hydrogen (secondary N) is 1. The highest BCUT2D eigenvalue weighted by Gasteiger charge is 2.04. The third-order valence-corrected chi connectivity index (χ3v) is 0.912. The van der Waals surface area contributed by atoms with E-state index < -0.39 is 11.6 Å². The normalized spacial score (nSPS) is 10.5. The van der Waals surface area contributed by atoms with Gasteiger partial charge in [-0.05, 0) is 6.54 Å². The van der Waals surface area contributed by atoms with Crippen molar-refractivity contribution in [2.45, 2.75) is 6.92 Å². The third kappa shape index (κ3) is 4.24. The smallest absolute Gasteiger partial charge is 0.281 e. The lowest BCUT2D eigenvalue weighted by molar-refractivity contribution is -0.112. The maximum absolute atomic E-state index is 10.4. The first-order valence-electron chi connectivity index (χ1n) is 3.33. The molecular weight excluding hydrogens is 160 g/mol. The Morgan fingerprint density at radius 2 is 2.50 bits per heavy atom. The topological polar surface area (TPSA) is 100 Å². The first-order valence-corrected chi connectivity index (χ1v) is 3.33. The van der Waals surface area contributed by atoms with Crippen molar-refractivity contribution in [1.29, 1.82) is 5.26 Å². The van der Waals surface area contributed by atoms with E-state index in [-0.39, 0.29) is 6.73 Å². The van der Waals surface area contributed by atoms with Gasteiger partial charge in [0.05, 0.1) is 0 Å². The average molecular weight is 170 g/mol. The highest BCUT2D eigenvalue weighted by atomic mass is 16.6. The van der Waals surface area contributed by atoms with Gasteiger partial charge in [0.2, 0.25) is 5.71 Å². The van der Waals surface area contributed by atoms with Gasteiger partial charge in [0.15, 0.2) is 6.73 Å². The molecule has 0 aliphatic heterocycles. The number of nitriles is 1. The van der Waals surface area contributed by atoms with E-state index in [2.05, 4.69) is 15.3 Å². The van der Waals surface area contributed by atoms with Crippen LogP contribution in [0.4, 0.5) is 0 Å². The van der Waals surface area contributed by atoms with Gasteiger partial charge in [-0.3, -0.25) is 10.1 Å². The molecule has 0 atom stereocenters. The molecule has 0 heterocycles. The molecule has 1 amide bonds. The van der Waals surface area contributed by atoms with E-state index in [9.17, 15) is 4.79 Å². The molecule has 0 saturated heterocycles. The summed E-state index contributed by atoms with van der Waals surface area (Å²) in [6.45, 7) is 2.75. The fourth-order valence-electron chi connectivity index (χ4n) is 0.365. The highest BCUT2D eigenvalue weighted by molar-refractivity contribution is 6.44. The second kappa shape index (κ2) is 6.12. The lowest BCUT2D eigenvalue weighted by Gasteiger charge is -1.97. The van der Waals surface area contributed by atoms with Crippen molar-refractivity contribution in [3.8, 4) is 6.07 Å². The molecule has 0 rings (SSSR count). The van der Waals surface area contributed by atoms with Gasteiger partial charge in [0.25, 0.3) is 5.91 Å². The molecule has 0 unspecified atom stereocenters. The zero-order valence-corrected chi connectivity index (χ0v) is 6.70. The van der Waals surface area contributed by atoms with Crippen molar-refractivity contribution in [3.05, 3.63) is 0 Å². The first-order chi connectivity index (χ1) is 5.72. The average Bonchev–Trinajstić information content (AvgIpc) is 2.04. The minimum atomic E-state index is -0.894. The summed E-state index contributed by atoms with van der Waals surface area (Å²) in [6.07, 6.45) is 0. The number of primary amides is 1. The molecule has 0 spiro atoms. The van der Waals surface area contributed by atoms with Gasteiger partial charge >= 0.3 is 0 Å². The van der Waals surface area contributed by atoms with Crippen LogP contribution < -0.4 is 11.1 Å². The summed E-state index contributed by atoms with van der Waals surface area (Å²) in [7, 11) is 0. The summed E-state index contributed by atoms with van der Waals surface area (Å²) < 4.78 is 0. The Kier molecular flexibility index (Phi) is 5.30. The summed E-state index contributed by atoms with van der Waals surface area (Å²) in [5, 5.41) is 14.2. The van der Waals surface area contributed by atoms with Gasteiger partial charge in [0, 0.05) is 0 Å². The van der Waals surface area contributed by atoms with Crippen molar-refractivity contribution >= 4 is 11.6 Å². The zero-order chi connectivity index (χ0) is 9.40. The number of amides is 1. The predicted octanol–water partition coefficient (Wildman–Crippen LogP) is -1.07. The molecule has 0 aromatic carbocycles. The number of hydrogen-bond acceptors (Lipinski definition) is 5. The van der Waals surface area contributed by atoms with Crippen LogP contribution in [-0.4, -0.2) is 24.9 Å². The van der Waals surface area contributed by atoms with E-state index >= 15 is 0 Å². The molecule has 6 heteroatoms. The Labute approximate surface area is 70.0 Å². The summed E-state index contributed by atoms with van der Waals surface area (Å²) in [5.41, 5.74) is 4.33. The molecule has 0 radical (unpaired) electrons. The third-order valence-electron chi connectivity index (χ3n) is 0.912. The van der Waals surface area contributed by atoms with Crippen LogP contribution in [-0.2, 0) is 9.63 Å². The van der Waals surface area contributed by atoms with Crippen molar-refractivity contribution in [1.82, 2.24) is 5.32 Å². The van der Waals surface area contributed by atoms with Gasteiger partial charge in [-0.2, -0.15) is 5.26 Å². The van der Waals surface area contributed by atoms with Gasteiger partial charge in [-0.15, -0.1) is 0 Å². The maximum atomic E-state index is 10.4. The summed E-state index contributed by atoms with van der Waals surface area (Å²) in [4.78, 5) is 14.9. The van der Waals surface area contributed by atoms with Crippen LogP contribution in [0, 0.1) is 11.3 Å². The van der Waals surface area contributed by atoms with E-state index in [0.29, 0.717) is 6.54 Å². The minimum Gasteiger partial charge on any atom is -0.379 e. The van der Waals surface area contributed by atoms with Gasteiger partial charge in [0.1, 0.15) is 6.07 Å². The Balaban J connectivity index is 3.81. The fourth-order valence-corrected chi connectivity index (χ4v) is 0.365. The van der Waals surface area contributed by atoms with Crippen molar-refractivity contribution in [2.24, 2.45) is 10.9 Å². The largest absolute Gasteiger partial charge is 0.379 e. The lowest BCUT2D eigenvalue weighted by Crippen LogP contribution is -2.23. The molecule has 66 valence electrons. The van der Waals surface area contributed by atoms with Crippen LogP contribution in [0.25, 0.3) is 0 Å². The molecule has 0 fully saturated rings. The quantitative estimate of drug-likeness (QED) is 0.237. The number of nitrogens with zero attached hydrogens (tertiary/aromatic N) is 2. The monoisotopic (exact) mass is 170 g/mol. The van der Waals surface area contributed by atoms with Gasteiger partial charge in [-0.1, -0.05) is 12.1 Å². The van der Waals surface area contributed by atoms with Crippen LogP contribution in [0.5, 0.6) is 0 Å². The number of rotatable bonds is 5. The number of carbonyl (C=O) groups excluding carboxylic acids is 1. The standard InChI is InChI=1S/C6H10N4O2/c1-2-9-4-12-10-5(3-7)6(8)11/h9H,2,4H2,1H3,(H2,8,11)/b10-5+. The van der Waals surface area contributed by atoms with E-state index in [1.54, 1.807) is 0 Å². The Morgan fingerprint density at radius 3 is 2.92 bits per heavy atom. The van der Waals surface area contributed by atoms with Crippen molar-refractivity contribution in [2.75, 3.05) is 13.3 Å². The van der Waals surface area contributed by atoms with E-state index in [1.165, 1.54) is 6.07 Å². The molecule has 0 aliphatic carbocycles. The maximum Gasteiger partial charge on any atom is 0.281 e. The number of carbonyl (C=O) groups is 1. The first kappa shape index (κ1) is 10.4. The van der Waals surface area contributed by atoms with Crippen LogP contribution in [0.2, 0.25) is 0 Å². The zero-order valence-electron chi connectivity index (χ0n) is 6.70. The molecule has 3 N–H and O–H groups in total. The molecule has 12 heavy (non-hydrogen) atoms. The lowest BCUT2D eigenvalue weighted by atomic mass is 10.4. The second-order valence-corrected chi connectivity index (χ2v) is 1.79. The summed E-state index contributed by atoms with van der Waals surface area (Å²) >= 11 is 0. The SMILES string of the molecule is CCNCO/N=C(\C#N)C(N)=O. The Hall–Kier alpha value is -1.61. The molecule has 0 bridgehead atoms. The number of oxime groups is 1. The number of hydrogen-bond donors (Lipinski definition) is 2. The van der Waals surface area contributed by atoms with Crippen molar-refractivity contribution in [3.63, 3.8) is 0 Å². The van der Waals surface area contributed by atoms with Gasteiger partial charge < -0.3 is 10.6 Å². The molecule has 6 nitrogen and oxygen atoms in total. The summed E-state index contributed by atoms with van der Waals surface area (Å²) in [6, 6.07) is 1.50. The van der Waals surface area contributed by atoms with E-state index in [4.69, 9.17) is 11.0 Å². The second-order valence-electron chi connectivity index (χ2n) is 1.79. The highest BCUT2D eigenvalue weighted by Crippen LogP contribution is 1.78. The predicted molar refractivity (Wildman–Crippen MR) is 41.9 cm³/mol.